The second-order valence-corrected chi connectivity index (χ2v) is 5.93. The molecule has 0 aromatic carbocycles. The van der Waals surface area contributed by atoms with Crippen LogP contribution in [0.5, 0.6) is 0 Å². The Morgan fingerprint density at radius 3 is 2.78 bits per heavy atom. The van der Waals surface area contributed by atoms with Crippen LogP contribution in [-0.2, 0) is 4.74 Å². The second kappa shape index (κ2) is 6.68. The fourth-order valence-corrected chi connectivity index (χ4v) is 3.31. The molecule has 0 aromatic rings. The van der Waals surface area contributed by atoms with Crippen LogP contribution < -0.4 is 11.1 Å². The summed E-state index contributed by atoms with van der Waals surface area (Å²) in [4.78, 5) is 2.39. The van der Waals surface area contributed by atoms with Gasteiger partial charge in [0, 0.05) is 13.1 Å². The van der Waals surface area contributed by atoms with Gasteiger partial charge in [0.1, 0.15) is 0 Å². The number of hydrogen-bond donors (Lipinski definition) is 2. The fraction of sp³-hybridized carbons (Fsp3) is 0.923. The lowest BCUT2D eigenvalue weighted by Gasteiger charge is -2.41. The maximum absolute atomic E-state index is 5.97. The van der Waals surface area contributed by atoms with Crippen molar-refractivity contribution in [2.24, 2.45) is 11.7 Å². The predicted octanol–water partition coefficient (Wildman–Crippen LogP) is 1.45. The highest BCUT2D eigenvalue weighted by Gasteiger charge is 2.30. The van der Waals surface area contributed by atoms with Crippen molar-refractivity contribution in [3.63, 3.8) is 0 Å². The van der Waals surface area contributed by atoms with Crippen LogP contribution in [-0.4, -0.2) is 42.0 Å². The Morgan fingerprint density at radius 2 is 2.11 bits per heavy atom. The van der Waals surface area contributed by atoms with Crippen molar-refractivity contribution in [3.8, 4) is 0 Å². The summed E-state index contributed by atoms with van der Waals surface area (Å²) in [7, 11) is 0. The maximum atomic E-state index is 5.97. The van der Waals surface area contributed by atoms with Gasteiger partial charge in [0.25, 0.3) is 0 Å². The second-order valence-electron chi connectivity index (χ2n) is 5.49. The Balaban J connectivity index is 1.85. The highest BCUT2D eigenvalue weighted by Crippen LogP contribution is 2.29. The predicted molar refractivity (Wildman–Crippen MR) is 77.3 cm³/mol. The summed E-state index contributed by atoms with van der Waals surface area (Å²) in [6.45, 7) is 4.90. The molecule has 0 bridgehead atoms. The van der Waals surface area contributed by atoms with E-state index >= 15 is 0 Å². The Morgan fingerprint density at radius 1 is 1.39 bits per heavy atom. The van der Waals surface area contributed by atoms with Gasteiger partial charge in [-0.3, -0.25) is 4.90 Å². The van der Waals surface area contributed by atoms with Crippen LogP contribution in [0.4, 0.5) is 0 Å². The largest absolute Gasteiger partial charge is 0.376 e. The molecule has 104 valence electrons. The average molecular weight is 271 g/mol. The maximum Gasteiger partial charge on any atom is 0.164 e. The van der Waals surface area contributed by atoms with E-state index < -0.39 is 0 Å². The number of nitrogens with zero attached hydrogens (tertiary/aromatic N) is 1. The fourth-order valence-electron chi connectivity index (χ4n) is 3.14. The van der Waals surface area contributed by atoms with E-state index in [1.807, 2.05) is 0 Å². The van der Waals surface area contributed by atoms with Gasteiger partial charge >= 0.3 is 0 Å². The van der Waals surface area contributed by atoms with Gasteiger partial charge < -0.3 is 15.8 Å². The topological polar surface area (TPSA) is 50.5 Å². The van der Waals surface area contributed by atoms with Crippen molar-refractivity contribution >= 4 is 17.3 Å². The SMILES string of the molecule is CC(NC(N)=S)N1CCOC(C2CCCCC2)C1. The Labute approximate surface area is 115 Å². The summed E-state index contributed by atoms with van der Waals surface area (Å²) >= 11 is 4.90. The molecule has 1 aliphatic heterocycles. The molecule has 2 aliphatic rings. The third-order valence-electron chi connectivity index (χ3n) is 4.20. The molecule has 0 spiro atoms. The first-order valence-corrected chi connectivity index (χ1v) is 7.49. The number of nitrogens with two attached hydrogens (primary N) is 1. The van der Waals surface area contributed by atoms with Gasteiger partial charge in [-0.25, -0.2) is 0 Å². The number of thiocarbonyl (C=S) groups is 1. The molecule has 0 radical (unpaired) electrons. The zero-order valence-corrected chi connectivity index (χ0v) is 12.0. The number of morpholine rings is 1. The molecular weight excluding hydrogens is 246 g/mol. The van der Waals surface area contributed by atoms with E-state index in [4.69, 9.17) is 22.7 Å². The molecular formula is C13H25N3OS. The van der Waals surface area contributed by atoms with Gasteiger partial charge in [0.15, 0.2) is 5.11 Å². The zero-order valence-electron chi connectivity index (χ0n) is 11.2. The van der Waals surface area contributed by atoms with E-state index in [1.165, 1.54) is 32.1 Å². The van der Waals surface area contributed by atoms with E-state index in [9.17, 15) is 0 Å². The molecule has 2 rings (SSSR count). The lowest BCUT2D eigenvalue weighted by molar-refractivity contribution is -0.0757. The first-order valence-electron chi connectivity index (χ1n) is 7.08. The molecule has 1 saturated heterocycles. The third kappa shape index (κ3) is 3.80. The van der Waals surface area contributed by atoms with Crippen LogP contribution in [0.1, 0.15) is 39.0 Å². The lowest BCUT2D eigenvalue weighted by atomic mass is 9.84. The molecule has 0 aromatic heterocycles. The van der Waals surface area contributed by atoms with Crippen LogP contribution in [0, 0.1) is 5.92 Å². The van der Waals surface area contributed by atoms with Crippen LogP contribution in [0.3, 0.4) is 0 Å². The summed E-state index contributed by atoms with van der Waals surface area (Å²) in [5.41, 5.74) is 5.54. The van der Waals surface area contributed by atoms with E-state index in [0.29, 0.717) is 11.2 Å². The summed E-state index contributed by atoms with van der Waals surface area (Å²) in [6, 6.07) is 0. The van der Waals surface area contributed by atoms with Crippen molar-refractivity contribution < 1.29 is 4.74 Å². The van der Waals surface area contributed by atoms with E-state index in [0.717, 1.165) is 25.6 Å². The molecule has 4 nitrogen and oxygen atoms in total. The smallest absolute Gasteiger partial charge is 0.164 e. The van der Waals surface area contributed by atoms with Gasteiger partial charge in [-0.05, 0) is 37.9 Å². The molecule has 1 heterocycles. The number of rotatable bonds is 3. The highest BCUT2D eigenvalue weighted by molar-refractivity contribution is 7.80. The molecule has 1 saturated carbocycles. The van der Waals surface area contributed by atoms with Crippen molar-refractivity contribution in [1.29, 1.82) is 0 Å². The van der Waals surface area contributed by atoms with Crippen molar-refractivity contribution in [1.82, 2.24) is 10.2 Å². The van der Waals surface area contributed by atoms with Gasteiger partial charge in [0.05, 0.1) is 18.9 Å². The quantitative estimate of drug-likeness (QED) is 0.761. The molecule has 2 atom stereocenters. The zero-order chi connectivity index (χ0) is 13.0. The van der Waals surface area contributed by atoms with E-state index in [1.54, 1.807) is 0 Å². The monoisotopic (exact) mass is 271 g/mol. The third-order valence-corrected chi connectivity index (χ3v) is 4.32. The summed E-state index contributed by atoms with van der Waals surface area (Å²) in [6.07, 6.45) is 7.39. The van der Waals surface area contributed by atoms with Crippen LogP contribution in [0.15, 0.2) is 0 Å². The molecule has 18 heavy (non-hydrogen) atoms. The Kier molecular flexibility index (Phi) is 5.21. The summed E-state index contributed by atoms with van der Waals surface area (Å²) in [5, 5.41) is 3.49. The van der Waals surface area contributed by atoms with Crippen molar-refractivity contribution in [3.05, 3.63) is 0 Å². The van der Waals surface area contributed by atoms with Gasteiger partial charge in [-0.15, -0.1) is 0 Å². The molecule has 1 aliphatic carbocycles. The van der Waals surface area contributed by atoms with Crippen molar-refractivity contribution in [2.45, 2.75) is 51.3 Å². The number of nitrogens with one attached hydrogen (secondary N) is 1. The van der Waals surface area contributed by atoms with Gasteiger partial charge in [0.2, 0.25) is 0 Å². The lowest BCUT2D eigenvalue weighted by Crippen LogP contribution is -2.55. The first kappa shape index (κ1) is 14.0. The minimum Gasteiger partial charge on any atom is -0.376 e. The summed E-state index contributed by atoms with van der Waals surface area (Å²) in [5.74, 6) is 0.749. The van der Waals surface area contributed by atoms with Gasteiger partial charge in [-0.2, -0.15) is 0 Å². The van der Waals surface area contributed by atoms with Gasteiger partial charge in [-0.1, -0.05) is 19.3 Å². The number of ether oxygens (including phenoxy) is 1. The minimum atomic E-state index is 0.206. The average Bonchev–Trinajstić information content (AvgIpc) is 2.39. The molecule has 3 N–H and O–H groups in total. The Hall–Kier alpha value is -0.390. The Bertz CT molecular complexity index is 281. The van der Waals surface area contributed by atoms with E-state index in [2.05, 4.69) is 17.1 Å². The van der Waals surface area contributed by atoms with Crippen LogP contribution in [0.25, 0.3) is 0 Å². The van der Waals surface area contributed by atoms with Crippen LogP contribution in [0.2, 0.25) is 0 Å². The minimum absolute atomic E-state index is 0.206. The van der Waals surface area contributed by atoms with Crippen molar-refractivity contribution in [2.75, 3.05) is 19.7 Å². The summed E-state index contributed by atoms with van der Waals surface area (Å²) < 4.78 is 5.97. The standard InChI is InChI=1S/C13H25N3OS/c1-10(15-13(14)18)16-7-8-17-12(9-16)11-5-3-2-4-6-11/h10-12H,2-9H2,1H3,(H3,14,15,18). The first-order chi connectivity index (χ1) is 8.66. The van der Waals surface area contributed by atoms with Crippen LogP contribution >= 0.6 is 12.2 Å². The molecule has 0 amide bonds. The molecule has 2 unspecified atom stereocenters. The highest BCUT2D eigenvalue weighted by atomic mass is 32.1. The number of hydrogen-bond acceptors (Lipinski definition) is 3. The normalized spacial score (nSPS) is 28.8. The molecule has 5 heteroatoms. The van der Waals surface area contributed by atoms with E-state index in [-0.39, 0.29) is 6.17 Å². The molecule has 2 fully saturated rings.